The van der Waals surface area contributed by atoms with Gasteiger partial charge in [-0.3, -0.25) is 4.68 Å². The zero-order chi connectivity index (χ0) is 12.1. The summed E-state index contributed by atoms with van der Waals surface area (Å²) in [5.41, 5.74) is 1.08. The first-order valence-electron chi connectivity index (χ1n) is 6.03. The van der Waals surface area contributed by atoms with Gasteiger partial charge in [0, 0.05) is 31.7 Å². The molecule has 2 rings (SSSR count). The number of aromatic nitrogens is 2. The second-order valence-electron chi connectivity index (χ2n) is 4.39. The molecule has 0 atom stereocenters. The van der Waals surface area contributed by atoms with Crippen LogP contribution in [0.4, 0.5) is 0 Å². The lowest BCUT2D eigenvalue weighted by molar-refractivity contribution is 0.495. The summed E-state index contributed by atoms with van der Waals surface area (Å²) in [4.78, 5) is 0. The molecule has 0 radical (unpaired) electrons. The molecule has 92 valence electrons. The highest BCUT2D eigenvalue weighted by Crippen LogP contribution is 2.04. The van der Waals surface area contributed by atoms with Crippen molar-refractivity contribution in [3.63, 3.8) is 0 Å². The van der Waals surface area contributed by atoms with Crippen LogP contribution >= 0.6 is 0 Å². The topological polar surface area (TPSA) is 43.0 Å². The zero-order valence-corrected chi connectivity index (χ0v) is 10.4. The number of furan rings is 1. The van der Waals surface area contributed by atoms with Gasteiger partial charge in [0.15, 0.2) is 0 Å². The summed E-state index contributed by atoms with van der Waals surface area (Å²) in [7, 11) is 0. The van der Waals surface area contributed by atoms with E-state index in [0.717, 1.165) is 31.0 Å². The first-order chi connectivity index (χ1) is 8.25. The fourth-order valence-corrected chi connectivity index (χ4v) is 1.64. The molecule has 4 heteroatoms. The van der Waals surface area contributed by atoms with Gasteiger partial charge in [-0.1, -0.05) is 0 Å². The largest absolute Gasteiger partial charge is 0.469 e. The molecule has 0 saturated carbocycles. The molecule has 0 aliphatic carbocycles. The zero-order valence-electron chi connectivity index (χ0n) is 10.4. The van der Waals surface area contributed by atoms with Gasteiger partial charge in [-0.05, 0) is 32.0 Å². The van der Waals surface area contributed by atoms with E-state index >= 15 is 0 Å². The summed E-state index contributed by atoms with van der Waals surface area (Å²) < 4.78 is 7.24. The normalized spacial score (nSPS) is 11.2. The molecule has 17 heavy (non-hydrogen) atoms. The number of rotatable bonds is 6. The number of hydrogen-bond acceptors (Lipinski definition) is 3. The minimum atomic E-state index is 0.423. The minimum Gasteiger partial charge on any atom is -0.469 e. The Morgan fingerprint density at radius 3 is 2.94 bits per heavy atom. The molecular weight excluding hydrogens is 214 g/mol. The molecule has 0 aromatic carbocycles. The van der Waals surface area contributed by atoms with Crippen molar-refractivity contribution in [1.29, 1.82) is 0 Å². The molecule has 4 nitrogen and oxygen atoms in total. The first-order valence-corrected chi connectivity index (χ1v) is 6.03. The van der Waals surface area contributed by atoms with Crippen LogP contribution in [0.2, 0.25) is 0 Å². The van der Waals surface area contributed by atoms with E-state index in [1.165, 1.54) is 0 Å². The predicted octanol–water partition coefficient (Wildman–Crippen LogP) is 2.39. The summed E-state index contributed by atoms with van der Waals surface area (Å²) in [6.45, 7) is 5.96. The molecule has 2 aromatic heterocycles. The SMILES string of the molecule is CC(C)n1ccc(CNCCc2ccco2)n1. The highest BCUT2D eigenvalue weighted by Gasteiger charge is 2.01. The fourth-order valence-electron chi connectivity index (χ4n) is 1.64. The number of hydrogen-bond donors (Lipinski definition) is 1. The van der Waals surface area contributed by atoms with Crippen molar-refractivity contribution in [2.45, 2.75) is 32.9 Å². The average molecular weight is 233 g/mol. The van der Waals surface area contributed by atoms with Gasteiger partial charge in [-0.2, -0.15) is 5.10 Å². The van der Waals surface area contributed by atoms with Crippen LogP contribution in [-0.4, -0.2) is 16.3 Å². The lowest BCUT2D eigenvalue weighted by Gasteiger charge is -2.04. The predicted molar refractivity (Wildman–Crippen MR) is 66.7 cm³/mol. The van der Waals surface area contributed by atoms with Crippen LogP contribution in [0, 0.1) is 0 Å². The van der Waals surface area contributed by atoms with Crippen LogP contribution in [0.5, 0.6) is 0 Å². The van der Waals surface area contributed by atoms with E-state index in [0.29, 0.717) is 6.04 Å². The van der Waals surface area contributed by atoms with Crippen LogP contribution < -0.4 is 5.32 Å². The molecule has 0 amide bonds. The molecular formula is C13H19N3O. The Morgan fingerprint density at radius 1 is 1.41 bits per heavy atom. The van der Waals surface area contributed by atoms with Crippen molar-refractivity contribution in [3.05, 3.63) is 42.1 Å². The van der Waals surface area contributed by atoms with E-state index in [9.17, 15) is 0 Å². The monoisotopic (exact) mass is 233 g/mol. The van der Waals surface area contributed by atoms with Crippen LogP contribution in [-0.2, 0) is 13.0 Å². The van der Waals surface area contributed by atoms with Crippen LogP contribution in [0.1, 0.15) is 31.3 Å². The molecule has 0 spiro atoms. The standard InChI is InChI=1S/C13H19N3O/c1-11(2)16-8-6-12(15-16)10-14-7-5-13-4-3-9-17-13/h3-4,6,8-9,11,14H,5,7,10H2,1-2H3. The highest BCUT2D eigenvalue weighted by molar-refractivity contribution is 5.00. The van der Waals surface area contributed by atoms with Gasteiger partial charge in [0.1, 0.15) is 5.76 Å². The van der Waals surface area contributed by atoms with Gasteiger partial charge in [0.2, 0.25) is 0 Å². The Bertz CT molecular complexity index is 431. The summed E-state index contributed by atoms with van der Waals surface area (Å²) in [6.07, 6.45) is 4.64. The van der Waals surface area contributed by atoms with E-state index < -0.39 is 0 Å². The Labute approximate surface area is 102 Å². The lowest BCUT2D eigenvalue weighted by atomic mass is 10.3. The van der Waals surface area contributed by atoms with Crippen molar-refractivity contribution < 1.29 is 4.42 Å². The quantitative estimate of drug-likeness (QED) is 0.779. The average Bonchev–Trinajstić information content (AvgIpc) is 2.96. The first kappa shape index (κ1) is 11.9. The molecule has 0 bridgehead atoms. The van der Waals surface area contributed by atoms with Gasteiger partial charge >= 0.3 is 0 Å². The molecule has 2 aromatic rings. The van der Waals surface area contributed by atoms with Gasteiger partial charge in [0.05, 0.1) is 12.0 Å². The molecule has 0 aliphatic heterocycles. The lowest BCUT2D eigenvalue weighted by Crippen LogP contribution is -2.17. The van der Waals surface area contributed by atoms with E-state index in [1.54, 1.807) is 6.26 Å². The molecule has 0 aliphatic rings. The van der Waals surface area contributed by atoms with Crippen molar-refractivity contribution >= 4 is 0 Å². The van der Waals surface area contributed by atoms with E-state index in [4.69, 9.17) is 4.42 Å². The second kappa shape index (κ2) is 5.68. The molecule has 2 heterocycles. The smallest absolute Gasteiger partial charge is 0.105 e. The van der Waals surface area contributed by atoms with Gasteiger partial charge in [-0.15, -0.1) is 0 Å². The van der Waals surface area contributed by atoms with E-state index in [-0.39, 0.29) is 0 Å². The maximum atomic E-state index is 5.26. The van der Waals surface area contributed by atoms with E-state index in [1.807, 2.05) is 23.0 Å². The molecule has 0 saturated heterocycles. The highest BCUT2D eigenvalue weighted by atomic mass is 16.3. The van der Waals surface area contributed by atoms with Gasteiger partial charge in [0.25, 0.3) is 0 Å². The Hall–Kier alpha value is -1.55. The third-order valence-corrected chi connectivity index (χ3v) is 2.63. The van der Waals surface area contributed by atoms with Gasteiger partial charge < -0.3 is 9.73 Å². The van der Waals surface area contributed by atoms with Crippen molar-refractivity contribution in [2.75, 3.05) is 6.54 Å². The van der Waals surface area contributed by atoms with Crippen molar-refractivity contribution in [1.82, 2.24) is 15.1 Å². The Kier molecular flexibility index (Phi) is 3.98. The number of nitrogens with zero attached hydrogens (tertiary/aromatic N) is 2. The number of nitrogens with one attached hydrogen (secondary N) is 1. The fraction of sp³-hybridized carbons (Fsp3) is 0.462. The van der Waals surface area contributed by atoms with Crippen molar-refractivity contribution in [3.8, 4) is 0 Å². The van der Waals surface area contributed by atoms with Crippen LogP contribution in [0.25, 0.3) is 0 Å². The van der Waals surface area contributed by atoms with E-state index in [2.05, 4.69) is 30.3 Å². The third-order valence-electron chi connectivity index (χ3n) is 2.63. The Balaban J connectivity index is 1.71. The summed E-state index contributed by atoms with van der Waals surface area (Å²) in [5, 5.41) is 7.83. The molecule has 1 N–H and O–H groups in total. The third kappa shape index (κ3) is 3.46. The second-order valence-corrected chi connectivity index (χ2v) is 4.39. The maximum Gasteiger partial charge on any atom is 0.105 e. The minimum absolute atomic E-state index is 0.423. The van der Waals surface area contributed by atoms with Crippen molar-refractivity contribution in [2.24, 2.45) is 0 Å². The van der Waals surface area contributed by atoms with Crippen LogP contribution in [0.15, 0.2) is 35.1 Å². The summed E-state index contributed by atoms with van der Waals surface area (Å²) in [5.74, 6) is 1.02. The summed E-state index contributed by atoms with van der Waals surface area (Å²) >= 11 is 0. The van der Waals surface area contributed by atoms with Crippen LogP contribution in [0.3, 0.4) is 0 Å². The molecule has 0 unspecified atom stereocenters. The van der Waals surface area contributed by atoms with Gasteiger partial charge in [-0.25, -0.2) is 0 Å². The Morgan fingerprint density at radius 2 is 2.29 bits per heavy atom. The maximum absolute atomic E-state index is 5.26. The molecule has 0 fully saturated rings. The summed E-state index contributed by atoms with van der Waals surface area (Å²) in [6, 6.07) is 6.39.